The lowest BCUT2D eigenvalue weighted by Gasteiger charge is -2.07. The molecule has 0 aliphatic carbocycles. The second-order valence-corrected chi connectivity index (χ2v) is 3.53. The van der Waals surface area contributed by atoms with Gasteiger partial charge in [-0.05, 0) is 37.9 Å². The summed E-state index contributed by atoms with van der Waals surface area (Å²) < 4.78 is 5.42. The molecule has 0 bridgehead atoms. The molecule has 1 aliphatic heterocycles. The zero-order chi connectivity index (χ0) is 9.64. The standard InChI is InChI=1S/C10H15N3O/c1-4-12-10(13-5-1)14-7-3-9-2-6-11-8-9/h1,4-5,9,11H,2-3,6-8H2. The van der Waals surface area contributed by atoms with Gasteiger partial charge in [0.15, 0.2) is 0 Å². The molecule has 1 aromatic rings. The normalized spacial score (nSPS) is 21.0. The third kappa shape index (κ3) is 2.67. The van der Waals surface area contributed by atoms with Crippen LogP contribution in [0.5, 0.6) is 6.01 Å². The number of nitrogens with one attached hydrogen (secondary N) is 1. The molecule has 0 aromatic carbocycles. The predicted molar refractivity (Wildman–Crippen MR) is 53.1 cm³/mol. The van der Waals surface area contributed by atoms with Gasteiger partial charge >= 0.3 is 6.01 Å². The zero-order valence-corrected chi connectivity index (χ0v) is 8.15. The van der Waals surface area contributed by atoms with Crippen LogP contribution in [0.25, 0.3) is 0 Å². The van der Waals surface area contributed by atoms with E-state index >= 15 is 0 Å². The molecule has 1 saturated heterocycles. The van der Waals surface area contributed by atoms with Crippen LogP contribution in [0, 0.1) is 5.92 Å². The molecule has 1 N–H and O–H groups in total. The van der Waals surface area contributed by atoms with E-state index < -0.39 is 0 Å². The first-order valence-electron chi connectivity index (χ1n) is 5.05. The minimum absolute atomic E-state index is 0.485. The molecule has 1 atom stereocenters. The number of rotatable bonds is 4. The third-order valence-corrected chi connectivity index (χ3v) is 2.46. The number of hydrogen-bond donors (Lipinski definition) is 1. The molecule has 4 nitrogen and oxygen atoms in total. The summed E-state index contributed by atoms with van der Waals surface area (Å²) in [5, 5.41) is 3.33. The van der Waals surface area contributed by atoms with Crippen LogP contribution in [0.2, 0.25) is 0 Å². The molecule has 0 amide bonds. The minimum atomic E-state index is 0.485. The van der Waals surface area contributed by atoms with Crippen molar-refractivity contribution < 1.29 is 4.74 Å². The SMILES string of the molecule is c1cnc(OCCC2CCNC2)nc1. The molecular formula is C10H15N3O. The molecule has 1 unspecified atom stereocenters. The molecule has 2 rings (SSSR count). The van der Waals surface area contributed by atoms with Crippen molar-refractivity contribution in [3.63, 3.8) is 0 Å². The first-order valence-corrected chi connectivity index (χ1v) is 5.05. The Morgan fingerprint density at radius 2 is 2.29 bits per heavy atom. The Labute approximate surface area is 83.7 Å². The minimum Gasteiger partial charge on any atom is -0.463 e. The molecular weight excluding hydrogens is 178 g/mol. The van der Waals surface area contributed by atoms with E-state index in [0.717, 1.165) is 32.0 Å². The molecule has 2 heterocycles. The van der Waals surface area contributed by atoms with Gasteiger partial charge in [-0.2, -0.15) is 0 Å². The van der Waals surface area contributed by atoms with Crippen molar-refractivity contribution in [1.82, 2.24) is 15.3 Å². The maximum absolute atomic E-state index is 5.42. The van der Waals surface area contributed by atoms with Crippen LogP contribution in [-0.4, -0.2) is 29.7 Å². The van der Waals surface area contributed by atoms with Gasteiger partial charge in [0.2, 0.25) is 0 Å². The number of aromatic nitrogens is 2. The zero-order valence-electron chi connectivity index (χ0n) is 8.15. The average Bonchev–Trinajstić information content (AvgIpc) is 2.72. The highest BCUT2D eigenvalue weighted by molar-refractivity contribution is 4.93. The van der Waals surface area contributed by atoms with E-state index in [0.29, 0.717) is 6.01 Å². The Kier molecular flexibility index (Phi) is 3.29. The highest BCUT2D eigenvalue weighted by atomic mass is 16.5. The maximum Gasteiger partial charge on any atom is 0.316 e. The third-order valence-electron chi connectivity index (χ3n) is 2.46. The highest BCUT2D eigenvalue weighted by Gasteiger charge is 2.13. The lowest BCUT2D eigenvalue weighted by atomic mass is 10.1. The fourth-order valence-corrected chi connectivity index (χ4v) is 1.64. The van der Waals surface area contributed by atoms with Crippen molar-refractivity contribution in [2.24, 2.45) is 5.92 Å². The molecule has 0 spiro atoms. The number of ether oxygens (including phenoxy) is 1. The molecule has 1 aromatic heterocycles. The van der Waals surface area contributed by atoms with Gasteiger partial charge in [-0.1, -0.05) is 0 Å². The quantitative estimate of drug-likeness (QED) is 0.770. The fourth-order valence-electron chi connectivity index (χ4n) is 1.64. The van der Waals surface area contributed by atoms with Crippen molar-refractivity contribution >= 4 is 0 Å². The van der Waals surface area contributed by atoms with Crippen LogP contribution in [-0.2, 0) is 0 Å². The van der Waals surface area contributed by atoms with E-state index in [1.54, 1.807) is 18.5 Å². The lowest BCUT2D eigenvalue weighted by Crippen LogP contribution is -2.12. The molecule has 0 saturated carbocycles. The van der Waals surface area contributed by atoms with Crippen molar-refractivity contribution in [3.05, 3.63) is 18.5 Å². The Bertz CT molecular complexity index is 259. The summed E-state index contributed by atoms with van der Waals surface area (Å²) >= 11 is 0. The lowest BCUT2D eigenvalue weighted by molar-refractivity contribution is 0.263. The van der Waals surface area contributed by atoms with Gasteiger partial charge in [-0.25, -0.2) is 9.97 Å². The predicted octanol–water partition coefficient (Wildman–Crippen LogP) is 0.855. The van der Waals surface area contributed by atoms with Crippen molar-refractivity contribution in [2.75, 3.05) is 19.7 Å². The van der Waals surface area contributed by atoms with Crippen LogP contribution < -0.4 is 10.1 Å². The molecule has 14 heavy (non-hydrogen) atoms. The maximum atomic E-state index is 5.42. The van der Waals surface area contributed by atoms with Crippen molar-refractivity contribution in [1.29, 1.82) is 0 Å². The van der Waals surface area contributed by atoms with Gasteiger partial charge < -0.3 is 10.1 Å². The second-order valence-electron chi connectivity index (χ2n) is 3.53. The number of nitrogens with zero attached hydrogens (tertiary/aromatic N) is 2. The first-order chi connectivity index (χ1) is 6.95. The fraction of sp³-hybridized carbons (Fsp3) is 0.600. The highest BCUT2D eigenvalue weighted by Crippen LogP contribution is 2.12. The topological polar surface area (TPSA) is 47.0 Å². The van der Waals surface area contributed by atoms with Gasteiger partial charge in [-0.3, -0.25) is 0 Å². The molecule has 1 aliphatic rings. The van der Waals surface area contributed by atoms with Crippen molar-refractivity contribution in [2.45, 2.75) is 12.8 Å². The van der Waals surface area contributed by atoms with E-state index in [-0.39, 0.29) is 0 Å². The average molecular weight is 193 g/mol. The van der Waals surface area contributed by atoms with Crippen molar-refractivity contribution in [3.8, 4) is 6.01 Å². The van der Waals surface area contributed by atoms with E-state index in [9.17, 15) is 0 Å². The monoisotopic (exact) mass is 193 g/mol. The van der Waals surface area contributed by atoms with Crippen LogP contribution in [0.4, 0.5) is 0 Å². The van der Waals surface area contributed by atoms with Crippen LogP contribution in [0.15, 0.2) is 18.5 Å². The second kappa shape index (κ2) is 4.91. The summed E-state index contributed by atoms with van der Waals surface area (Å²) in [5.74, 6) is 0.763. The molecule has 76 valence electrons. The summed E-state index contributed by atoms with van der Waals surface area (Å²) in [6.07, 6.45) is 5.74. The van der Waals surface area contributed by atoms with E-state index in [2.05, 4.69) is 15.3 Å². The van der Waals surface area contributed by atoms with Gasteiger partial charge in [0.25, 0.3) is 0 Å². The Balaban J connectivity index is 1.67. The molecule has 1 fully saturated rings. The van der Waals surface area contributed by atoms with Gasteiger partial charge in [0, 0.05) is 12.4 Å². The first kappa shape index (κ1) is 9.40. The summed E-state index contributed by atoms with van der Waals surface area (Å²) in [5.41, 5.74) is 0. The van der Waals surface area contributed by atoms with E-state index in [1.165, 1.54) is 6.42 Å². The summed E-state index contributed by atoms with van der Waals surface area (Å²) in [4.78, 5) is 7.99. The van der Waals surface area contributed by atoms with E-state index in [1.807, 2.05) is 0 Å². The Hall–Kier alpha value is -1.16. The van der Waals surface area contributed by atoms with Gasteiger partial charge in [0.1, 0.15) is 0 Å². The molecule has 4 heteroatoms. The van der Waals surface area contributed by atoms with Crippen LogP contribution in [0.3, 0.4) is 0 Å². The van der Waals surface area contributed by atoms with Crippen LogP contribution >= 0.6 is 0 Å². The van der Waals surface area contributed by atoms with Gasteiger partial charge in [-0.15, -0.1) is 0 Å². The Morgan fingerprint density at radius 1 is 1.43 bits per heavy atom. The Morgan fingerprint density at radius 3 is 3.00 bits per heavy atom. The summed E-state index contributed by atoms with van der Waals surface area (Å²) in [6.45, 7) is 2.99. The smallest absolute Gasteiger partial charge is 0.316 e. The summed E-state index contributed by atoms with van der Waals surface area (Å²) in [6, 6.07) is 2.27. The summed E-state index contributed by atoms with van der Waals surface area (Å²) in [7, 11) is 0. The molecule has 0 radical (unpaired) electrons. The number of hydrogen-bond acceptors (Lipinski definition) is 4. The largest absolute Gasteiger partial charge is 0.463 e. The van der Waals surface area contributed by atoms with Crippen LogP contribution in [0.1, 0.15) is 12.8 Å². The van der Waals surface area contributed by atoms with Gasteiger partial charge in [0.05, 0.1) is 6.61 Å². The van der Waals surface area contributed by atoms with E-state index in [4.69, 9.17) is 4.74 Å².